The van der Waals surface area contributed by atoms with Gasteiger partial charge in [-0.15, -0.1) is 11.3 Å². The van der Waals surface area contributed by atoms with Gasteiger partial charge in [-0.25, -0.2) is 4.98 Å². The highest BCUT2D eigenvalue weighted by molar-refractivity contribution is 7.12. The molecule has 0 saturated heterocycles. The Bertz CT molecular complexity index is 431. The van der Waals surface area contributed by atoms with Crippen molar-refractivity contribution in [1.29, 1.82) is 0 Å². The van der Waals surface area contributed by atoms with E-state index in [0.29, 0.717) is 0 Å². The minimum Gasteiger partial charge on any atom is -0.241 e. The standard InChI is InChI=1S/C13H14NS/c1-3-7-12-13(14-10(2)15-12)11-8-5-4-6-9-11/h4-6,8-9H,1,3,7H2,2H3. The smallest absolute Gasteiger partial charge is 0.0904 e. The SMILES string of the molecule is [CH2]CCc1sc(C)nc1-c1ccccc1. The molecule has 15 heavy (non-hydrogen) atoms. The summed E-state index contributed by atoms with van der Waals surface area (Å²) in [7, 11) is 0. The molecule has 0 unspecified atom stereocenters. The summed E-state index contributed by atoms with van der Waals surface area (Å²) in [4.78, 5) is 5.95. The monoisotopic (exact) mass is 216 g/mol. The second-order valence-corrected chi connectivity index (χ2v) is 4.76. The fraction of sp³-hybridized carbons (Fsp3) is 0.231. The Labute approximate surface area is 94.8 Å². The van der Waals surface area contributed by atoms with Crippen LogP contribution in [-0.4, -0.2) is 4.98 Å². The Morgan fingerprint density at radius 3 is 2.67 bits per heavy atom. The van der Waals surface area contributed by atoms with E-state index in [4.69, 9.17) is 0 Å². The predicted molar refractivity (Wildman–Crippen MR) is 66.0 cm³/mol. The number of benzene rings is 1. The second kappa shape index (κ2) is 4.58. The molecule has 1 aromatic heterocycles. The lowest BCUT2D eigenvalue weighted by Crippen LogP contribution is -1.84. The lowest BCUT2D eigenvalue weighted by atomic mass is 10.1. The van der Waals surface area contributed by atoms with Crippen LogP contribution in [0, 0.1) is 13.8 Å². The molecule has 0 atom stereocenters. The van der Waals surface area contributed by atoms with Crippen LogP contribution in [0.4, 0.5) is 0 Å². The number of hydrogen-bond acceptors (Lipinski definition) is 2. The summed E-state index contributed by atoms with van der Waals surface area (Å²) < 4.78 is 0. The molecule has 1 radical (unpaired) electrons. The predicted octanol–water partition coefficient (Wildman–Crippen LogP) is 3.89. The van der Waals surface area contributed by atoms with Crippen LogP contribution in [0.25, 0.3) is 11.3 Å². The van der Waals surface area contributed by atoms with Crippen LogP contribution >= 0.6 is 11.3 Å². The molecule has 77 valence electrons. The third-order valence-corrected chi connectivity index (χ3v) is 3.29. The zero-order valence-corrected chi connectivity index (χ0v) is 9.68. The Morgan fingerprint density at radius 1 is 1.27 bits per heavy atom. The van der Waals surface area contributed by atoms with Crippen LogP contribution in [0.2, 0.25) is 0 Å². The first-order valence-electron chi connectivity index (χ1n) is 5.12. The number of aromatic nitrogens is 1. The lowest BCUT2D eigenvalue weighted by molar-refractivity contribution is 1.02. The summed E-state index contributed by atoms with van der Waals surface area (Å²) in [6, 6.07) is 10.4. The van der Waals surface area contributed by atoms with Crippen LogP contribution in [-0.2, 0) is 6.42 Å². The van der Waals surface area contributed by atoms with Gasteiger partial charge < -0.3 is 0 Å². The molecule has 0 fully saturated rings. The topological polar surface area (TPSA) is 12.9 Å². The summed E-state index contributed by atoms with van der Waals surface area (Å²) in [5, 5.41) is 1.14. The summed E-state index contributed by atoms with van der Waals surface area (Å²) in [6.07, 6.45) is 1.96. The minimum atomic E-state index is 0.932. The molecule has 0 aliphatic carbocycles. The zero-order valence-electron chi connectivity index (χ0n) is 8.86. The maximum Gasteiger partial charge on any atom is 0.0904 e. The van der Waals surface area contributed by atoms with E-state index in [-0.39, 0.29) is 0 Å². The van der Waals surface area contributed by atoms with Crippen LogP contribution in [0.3, 0.4) is 0 Å². The van der Waals surface area contributed by atoms with Gasteiger partial charge in [-0.3, -0.25) is 0 Å². The van der Waals surface area contributed by atoms with Crippen molar-refractivity contribution in [3.8, 4) is 11.3 Å². The molecule has 0 saturated carbocycles. The molecule has 0 aliphatic heterocycles. The molecule has 1 heterocycles. The number of thiazole rings is 1. The number of rotatable bonds is 3. The van der Waals surface area contributed by atoms with Crippen molar-refractivity contribution in [3.63, 3.8) is 0 Å². The van der Waals surface area contributed by atoms with Crippen molar-refractivity contribution in [2.75, 3.05) is 0 Å². The van der Waals surface area contributed by atoms with Gasteiger partial charge in [0, 0.05) is 10.4 Å². The summed E-state index contributed by atoms with van der Waals surface area (Å²) in [6.45, 7) is 5.96. The van der Waals surface area contributed by atoms with Gasteiger partial charge in [-0.1, -0.05) is 37.3 Å². The van der Waals surface area contributed by atoms with Crippen molar-refractivity contribution in [3.05, 3.63) is 47.1 Å². The van der Waals surface area contributed by atoms with Crippen molar-refractivity contribution in [2.45, 2.75) is 19.8 Å². The lowest BCUT2D eigenvalue weighted by Gasteiger charge is -2.00. The van der Waals surface area contributed by atoms with Gasteiger partial charge >= 0.3 is 0 Å². The molecule has 2 heteroatoms. The van der Waals surface area contributed by atoms with Gasteiger partial charge in [0.05, 0.1) is 10.7 Å². The Kier molecular flexibility index (Phi) is 3.17. The molecule has 1 aromatic carbocycles. The molecular weight excluding hydrogens is 202 g/mol. The number of nitrogens with zero attached hydrogens (tertiary/aromatic N) is 1. The molecule has 0 N–H and O–H groups in total. The van der Waals surface area contributed by atoms with E-state index in [1.54, 1.807) is 11.3 Å². The largest absolute Gasteiger partial charge is 0.241 e. The molecule has 2 aromatic rings. The molecular formula is C13H14NS. The van der Waals surface area contributed by atoms with Crippen LogP contribution in [0.1, 0.15) is 16.3 Å². The second-order valence-electron chi connectivity index (χ2n) is 3.47. The quantitative estimate of drug-likeness (QED) is 0.758. The summed E-state index contributed by atoms with van der Waals surface area (Å²) in [5.41, 5.74) is 2.35. The van der Waals surface area contributed by atoms with E-state index in [1.165, 1.54) is 10.4 Å². The molecule has 0 aliphatic rings. The average molecular weight is 216 g/mol. The third-order valence-electron chi connectivity index (χ3n) is 2.26. The normalized spacial score (nSPS) is 10.5. The summed E-state index contributed by atoms with van der Waals surface area (Å²) >= 11 is 1.78. The highest BCUT2D eigenvalue weighted by Gasteiger charge is 2.09. The first-order chi connectivity index (χ1) is 7.31. The van der Waals surface area contributed by atoms with Gasteiger partial charge in [0.2, 0.25) is 0 Å². The van der Waals surface area contributed by atoms with E-state index >= 15 is 0 Å². The van der Waals surface area contributed by atoms with E-state index in [2.05, 4.69) is 43.1 Å². The van der Waals surface area contributed by atoms with Crippen molar-refractivity contribution in [1.82, 2.24) is 4.98 Å². The first-order valence-corrected chi connectivity index (χ1v) is 5.94. The first kappa shape index (κ1) is 10.4. The zero-order chi connectivity index (χ0) is 10.7. The number of hydrogen-bond donors (Lipinski definition) is 0. The minimum absolute atomic E-state index is 0.932. The van der Waals surface area contributed by atoms with E-state index < -0.39 is 0 Å². The van der Waals surface area contributed by atoms with E-state index in [0.717, 1.165) is 23.5 Å². The van der Waals surface area contributed by atoms with E-state index in [1.807, 2.05) is 6.07 Å². The number of aryl methyl sites for hydroxylation is 2. The van der Waals surface area contributed by atoms with Crippen LogP contribution < -0.4 is 0 Å². The van der Waals surface area contributed by atoms with Gasteiger partial charge in [0.15, 0.2) is 0 Å². The highest BCUT2D eigenvalue weighted by atomic mass is 32.1. The van der Waals surface area contributed by atoms with Crippen molar-refractivity contribution < 1.29 is 0 Å². The summed E-state index contributed by atoms with van der Waals surface area (Å²) in [5.74, 6) is 0. The fourth-order valence-corrected chi connectivity index (χ4v) is 2.62. The van der Waals surface area contributed by atoms with Crippen LogP contribution in [0.5, 0.6) is 0 Å². The van der Waals surface area contributed by atoms with Crippen molar-refractivity contribution >= 4 is 11.3 Å². The van der Waals surface area contributed by atoms with Gasteiger partial charge in [-0.05, 0) is 19.8 Å². The average Bonchev–Trinajstić information content (AvgIpc) is 2.62. The molecule has 0 amide bonds. The maximum atomic E-state index is 4.59. The molecule has 0 spiro atoms. The van der Waals surface area contributed by atoms with Gasteiger partial charge in [0.25, 0.3) is 0 Å². The Morgan fingerprint density at radius 2 is 2.00 bits per heavy atom. The Hall–Kier alpha value is -1.15. The maximum absolute atomic E-state index is 4.59. The van der Waals surface area contributed by atoms with Gasteiger partial charge in [0.1, 0.15) is 0 Å². The van der Waals surface area contributed by atoms with Gasteiger partial charge in [-0.2, -0.15) is 0 Å². The Balaban J connectivity index is 2.43. The fourth-order valence-electron chi connectivity index (χ4n) is 1.62. The van der Waals surface area contributed by atoms with E-state index in [9.17, 15) is 0 Å². The molecule has 2 rings (SSSR count). The third kappa shape index (κ3) is 2.26. The molecule has 1 nitrogen and oxygen atoms in total. The van der Waals surface area contributed by atoms with Crippen molar-refractivity contribution in [2.24, 2.45) is 0 Å². The molecule has 0 bridgehead atoms. The van der Waals surface area contributed by atoms with Crippen LogP contribution in [0.15, 0.2) is 30.3 Å². The highest BCUT2D eigenvalue weighted by Crippen LogP contribution is 2.28.